The summed E-state index contributed by atoms with van der Waals surface area (Å²) in [5.74, 6) is 1.97. The quantitative estimate of drug-likeness (QED) is 0.932. The van der Waals surface area contributed by atoms with Gasteiger partial charge >= 0.3 is 0 Å². The molecule has 23 heavy (non-hydrogen) atoms. The lowest BCUT2D eigenvalue weighted by atomic mass is 10.2. The molecular formula is C17H21N5O. The van der Waals surface area contributed by atoms with Crippen molar-refractivity contribution in [1.29, 1.82) is 0 Å². The number of anilines is 2. The second kappa shape index (κ2) is 7.09. The van der Waals surface area contributed by atoms with Gasteiger partial charge in [-0.15, -0.1) is 0 Å². The van der Waals surface area contributed by atoms with Crippen molar-refractivity contribution in [3.05, 3.63) is 48.3 Å². The molecule has 0 radical (unpaired) electrons. The summed E-state index contributed by atoms with van der Waals surface area (Å²) in [5, 5.41) is 3.30. The van der Waals surface area contributed by atoms with E-state index in [0.29, 0.717) is 6.54 Å². The molecule has 1 N–H and O–H groups in total. The van der Waals surface area contributed by atoms with Crippen LogP contribution in [0, 0.1) is 0 Å². The van der Waals surface area contributed by atoms with Gasteiger partial charge in [0, 0.05) is 52.0 Å². The second-order valence-corrected chi connectivity index (χ2v) is 5.58. The molecule has 6 nitrogen and oxygen atoms in total. The molecule has 0 aromatic carbocycles. The summed E-state index contributed by atoms with van der Waals surface area (Å²) in [6.07, 6.45) is 3.61. The fourth-order valence-corrected chi connectivity index (χ4v) is 2.65. The van der Waals surface area contributed by atoms with Gasteiger partial charge in [0.05, 0.1) is 0 Å². The number of pyridine rings is 2. The molecule has 0 spiro atoms. The molecule has 3 heterocycles. The molecule has 1 fully saturated rings. The maximum atomic E-state index is 11.4. The van der Waals surface area contributed by atoms with Crippen LogP contribution >= 0.6 is 0 Å². The first-order valence-electron chi connectivity index (χ1n) is 7.83. The third-order valence-corrected chi connectivity index (χ3v) is 4.00. The Morgan fingerprint density at radius 1 is 1.13 bits per heavy atom. The minimum atomic E-state index is 0.144. The molecule has 2 aromatic rings. The van der Waals surface area contributed by atoms with Crippen molar-refractivity contribution in [2.45, 2.75) is 13.5 Å². The van der Waals surface area contributed by atoms with Crippen LogP contribution in [-0.2, 0) is 11.3 Å². The van der Waals surface area contributed by atoms with Crippen molar-refractivity contribution in [3.63, 3.8) is 0 Å². The molecule has 6 heteroatoms. The van der Waals surface area contributed by atoms with Gasteiger partial charge < -0.3 is 15.1 Å². The van der Waals surface area contributed by atoms with Gasteiger partial charge in [-0.3, -0.25) is 4.79 Å². The van der Waals surface area contributed by atoms with E-state index in [9.17, 15) is 4.79 Å². The highest BCUT2D eigenvalue weighted by atomic mass is 16.2. The average Bonchev–Trinajstić information content (AvgIpc) is 2.61. The van der Waals surface area contributed by atoms with Gasteiger partial charge in [0.15, 0.2) is 0 Å². The molecule has 1 amide bonds. The van der Waals surface area contributed by atoms with E-state index in [4.69, 9.17) is 0 Å². The van der Waals surface area contributed by atoms with Gasteiger partial charge in [0.2, 0.25) is 5.91 Å². The number of amides is 1. The lowest BCUT2D eigenvalue weighted by molar-refractivity contribution is -0.129. The van der Waals surface area contributed by atoms with Crippen molar-refractivity contribution in [2.24, 2.45) is 0 Å². The van der Waals surface area contributed by atoms with Crippen molar-refractivity contribution in [2.75, 3.05) is 36.4 Å². The number of carbonyl (C=O) groups excluding carboxylic acids is 1. The van der Waals surface area contributed by atoms with Crippen molar-refractivity contribution < 1.29 is 4.79 Å². The second-order valence-electron chi connectivity index (χ2n) is 5.58. The molecular weight excluding hydrogens is 290 g/mol. The number of nitrogens with one attached hydrogen (secondary N) is 1. The first-order chi connectivity index (χ1) is 11.2. The predicted octanol–water partition coefficient (Wildman–Crippen LogP) is 1.76. The standard InChI is InChI=1S/C17H21N5O/c1-14(23)21-8-10-22(11-9-21)17-12-15(5-7-19-17)13-20-16-4-2-3-6-18-16/h2-7,12H,8-11,13H2,1H3,(H,18,20). The zero-order chi connectivity index (χ0) is 16.1. The molecule has 0 saturated carbocycles. The van der Waals surface area contributed by atoms with Crippen LogP contribution in [-0.4, -0.2) is 47.0 Å². The molecule has 0 aliphatic carbocycles. The Morgan fingerprint density at radius 3 is 2.65 bits per heavy atom. The predicted molar refractivity (Wildman–Crippen MR) is 90.3 cm³/mol. The highest BCUT2D eigenvalue weighted by Gasteiger charge is 2.19. The van der Waals surface area contributed by atoms with Crippen LogP contribution in [0.4, 0.5) is 11.6 Å². The fraction of sp³-hybridized carbons (Fsp3) is 0.353. The van der Waals surface area contributed by atoms with Gasteiger partial charge in [-0.05, 0) is 29.8 Å². The summed E-state index contributed by atoms with van der Waals surface area (Å²) < 4.78 is 0. The van der Waals surface area contributed by atoms with Crippen LogP contribution in [0.25, 0.3) is 0 Å². The Morgan fingerprint density at radius 2 is 1.96 bits per heavy atom. The minimum Gasteiger partial charge on any atom is -0.366 e. The summed E-state index contributed by atoms with van der Waals surface area (Å²) in [6, 6.07) is 9.91. The van der Waals surface area contributed by atoms with Gasteiger partial charge in [-0.2, -0.15) is 0 Å². The fourth-order valence-electron chi connectivity index (χ4n) is 2.65. The smallest absolute Gasteiger partial charge is 0.219 e. The van der Waals surface area contributed by atoms with Crippen molar-refractivity contribution in [3.8, 4) is 0 Å². The average molecular weight is 311 g/mol. The van der Waals surface area contributed by atoms with Crippen LogP contribution < -0.4 is 10.2 Å². The Hall–Kier alpha value is -2.63. The Labute approximate surface area is 136 Å². The number of carbonyl (C=O) groups is 1. The van der Waals surface area contributed by atoms with Crippen LogP contribution in [0.1, 0.15) is 12.5 Å². The normalized spacial score (nSPS) is 14.7. The van der Waals surface area contributed by atoms with Crippen LogP contribution in [0.3, 0.4) is 0 Å². The van der Waals surface area contributed by atoms with Gasteiger partial charge in [0.25, 0.3) is 0 Å². The highest BCUT2D eigenvalue weighted by molar-refractivity contribution is 5.73. The third kappa shape index (κ3) is 3.97. The molecule has 0 unspecified atom stereocenters. The summed E-state index contributed by atoms with van der Waals surface area (Å²) in [7, 11) is 0. The van der Waals surface area contributed by atoms with Crippen molar-refractivity contribution in [1.82, 2.24) is 14.9 Å². The zero-order valence-electron chi connectivity index (χ0n) is 13.3. The van der Waals surface area contributed by atoms with Gasteiger partial charge in [-0.1, -0.05) is 6.07 Å². The molecule has 1 aliphatic heterocycles. The molecule has 3 rings (SSSR count). The molecule has 1 aliphatic rings. The van der Waals surface area contributed by atoms with Crippen LogP contribution in [0.2, 0.25) is 0 Å². The van der Waals surface area contributed by atoms with Crippen molar-refractivity contribution >= 4 is 17.5 Å². The van der Waals surface area contributed by atoms with E-state index in [1.54, 1.807) is 13.1 Å². The molecule has 0 atom stereocenters. The highest BCUT2D eigenvalue weighted by Crippen LogP contribution is 2.16. The minimum absolute atomic E-state index is 0.144. The number of aromatic nitrogens is 2. The molecule has 120 valence electrons. The summed E-state index contributed by atoms with van der Waals surface area (Å²) >= 11 is 0. The lowest BCUT2D eigenvalue weighted by Crippen LogP contribution is -2.48. The zero-order valence-corrected chi connectivity index (χ0v) is 13.3. The van der Waals surface area contributed by atoms with Gasteiger partial charge in [0.1, 0.15) is 11.6 Å². The monoisotopic (exact) mass is 311 g/mol. The summed E-state index contributed by atoms with van der Waals surface area (Å²) in [6.45, 7) is 5.49. The molecule has 2 aromatic heterocycles. The number of hydrogen-bond acceptors (Lipinski definition) is 5. The van der Waals surface area contributed by atoms with E-state index < -0.39 is 0 Å². The number of nitrogens with zero attached hydrogens (tertiary/aromatic N) is 4. The summed E-state index contributed by atoms with van der Waals surface area (Å²) in [5.41, 5.74) is 1.16. The Kier molecular flexibility index (Phi) is 4.71. The topological polar surface area (TPSA) is 61.4 Å². The largest absolute Gasteiger partial charge is 0.366 e. The van der Waals surface area contributed by atoms with E-state index >= 15 is 0 Å². The third-order valence-electron chi connectivity index (χ3n) is 4.00. The van der Waals surface area contributed by atoms with E-state index in [0.717, 1.165) is 43.4 Å². The van der Waals surface area contributed by atoms with Gasteiger partial charge in [-0.25, -0.2) is 9.97 Å². The Bertz CT molecular complexity index is 653. The number of piperazine rings is 1. The van der Waals surface area contributed by atoms with E-state index in [-0.39, 0.29) is 5.91 Å². The van der Waals surface area contributed by atoms with E-state index in [1.165, 1.54) is 0 Å². The van der Waals surface area contributed by atoms with E-state index in [2.05, 4.69) is 26.3 Å². The van der Waals surface area contributed by atoms with E-state index in [1.807, 2.05) is 35.4 Å². The molecule has 0 bridgehead atoms. The Balaban J connectivity index is 1.60. The van der Waals surface area contributed by atoms with Crippen LogP contribution in [0.15, 0.2) is 42.7 Å². The van der Waals surface area contributed by atoms with Crippen LogP contribution in [0.5, 0.6) is 0 Å². The number of hydrogen-bond donors (Lipinski definition) is 1. The SMILES string of the molecule is CC(=O)N1CCN(c2cc(CNc3ccccn3)ccn2)CC1. The lowest BCUT2D eigenvalue weighted by Gasteiger charge is -2.35. The number of rotatable bonds is 4. The first kappa shape index (κ1) is 15.3. The summed E-state index contributed by atoms with van der Waals surface area (Å²) in [4.78, 5) is 24.2. The molecule has 1 saturated heterocycles. The first-order valence-corrected chi connectivity index (χ1v) is 7.83. The maximum Gasteiger partial charge on any atom is 0.219 e. The maximum absolute atomic E-state index is 11.4.